The normalized spacial score (nSPS) is 11.4. The number of hydrogen-bond acceptors (Lipinski definition) is 5. The third-order valence-electron chi connectivity index (χ3n) is 1.38. The lowest BCUT2D eigenvalue weighted by Crippen LogP contribution is -1.97. The van der Waals surface area contributed by atoms with Crippen LogP contribution in [-0.4, -0.2) is 27.8 Å². The Balaban J connectivity index is 3.25. The highest BCUT2D eigenvalue weighted by molar-refractivity contribution is 9.10. The van der Waals surface area contributed by atoms with E-state index in [1.165, 1.54) is 13.2 Å². The molecule has 0 unspecified atom stereocenters. The Morgan fingerprint density at radius 1 is 1.57 bits per heavy atom. The van der Waals surface area contributed by atoms with Crippen molar-refractivity contribution >= 4 is 43.1 Å². The van der Waals surface area contributed by atoms with Gasteiger partial charge in [-0.1, -0.05) is 0 Å². The average molecular weight is 299 g/mol. The van der Waals surface area contributed by atoms with Gasteiger partial charge in [-0.3, -0.25) is 0 Å². The van der Waals surface area contributed by atoms with E-state index in [4.69, 9.17) is 0 Å². The summed E-state index contributed by atoms with van der Waals surface area (Å²) in [5.74, 6) is -0.536. The molecule has 0 aliphatic carbocycles. The van der Waals surface area contributed by atoms with E-state index in [9.17, 15) is 13.2 Å². The molecule has 0 N–H and O–H groups in total. The van der Waals surface area contributed by atoms with Gasteiger partial charge in [0.2, 0.25) is 0 Å². The summed E-state index contributed by atoms with van der Waals surface area (Å²) in [7, 11) is -2.04. The molecule has 7 heteroatoms. The second-order valence-electron chi connectivity index (χ2n) is 2.51. The first-order valence-electron chi connectivity index (χ1n) is 3.44. The Kier molecular flexibility index (Phi) is 3.33. The largest absolute Gasteiger partial charge is 0.465 e. The number of carbonyl (C=O) groups excluding carboxylic acids is 1. The lowest BCUT2D eigenvalue weighted by atomic mass is 10.5. The molecule has 4 nitrogen and oxygen atoms in total. The van der Waals surface area contributed by atoms with Crippen LogP contribution in [0, 0.1) is 0 Å². The van der Waals surface area contributed by atoms with E-state index < -0.39 is 15.8 Å². The molecule has 0 bridgehead atoms. The monoisotopic (exact) mass is 298 g/mol. The second kappa shape index (κ2) is 4.00. The van der Waals surface area contributed by atoms with E-state index in [-0.39, 0.29) is 9.09 Å². The summed E-state index contributed by atoms with van der Waals surface area (Å²) in [6, 6.07) is 1.44. The maximum absolute atomic E-state index is 11.2. The standard InChI is InChI=1S/C7H7BrO4S2/c1-12-6(9)5-3-4(8)7(13-5)14(2,10)11/h3H,1-2H3. The molecule has 14 heavy (non-hydrogen) atoms. The van der Waals surface area contributed by atoms with E-state index in [1.54, 1.807) is 0 Å². The Bertz CT molecular complexity index is 460. The fraction of sp³-hybridized carbons (Fsp3) is 0.286. The number of hydrogen-bond donors (Lipinski definition) is 0. The fourth-order valence-corrected chi connectivity index (χ4v) is 4.30. The zero-order valence-electron chi connectivity index (χ0n) is 7.40. The molecule has 0 saturated heterocycles. The first-order chi connectivity index (χ1) is 6.36. The van der Waals surface area contributed by atoms with Crippen LogP contribution in [-0.2, 0) is 14.6 Å². The van der Waals surface area contributed by atoms with Gasteiger partial charge < -0.3 is 4.74 Å². The first kappa shape index (κ1) is 11.7. The molecule has 1 rings (SSSR count). The maximum atomic E-state index is 11.2. The molecule has 0 aliphatic rings. The molecule has 0 amide bonds. The van der Waals surface area contributed by atoms with Crippen molar-refractivity contribution in [3.63, 3.8) is 0 Å². The van der Waals surface area contributed by atoms with E-state index in [1.807, 2.05) is 0 Å². The summed E-state index contributed by atoms with van der Waals surface area (Å²) in [6.07, 6.45) is 1.09. The summed E-state index contributed by atoms with van der Waals surface area (Å²) < 4.78 is 27.4. The summed E-state index contributed by atoms with van der Waals surface area (Å²) in [5, 5.41) is 0. The maximum Gasteiger partial charge on any atom is 0.348 e. The van der Waals surface area contributed by atoms with Crippen LogP contribution < -0.4 is 0 Å². The van der Waals surface area contributed by atoms with Crippen LogP contribution >= 0.6 is 27.3 Å². The molecule has 0 radical (unpaired) electrons. The average Bonchev–Trinajstić information content (AvgIpc) is 2.45. The third kappa shape index (κ3) is 2.34. The third-order valence-corrected chi connectivity index (χ3v) is 5.49. The lowest BCUT2D eigenvalue weighted by molar-refractivity contribution is 0.0606. The molecule has 78 valence electrons. The summed E-state index contributed by atoms with van der Waals surface area (Å²) in [6.45, 7) is 0. The molecule has 1 aromatic heterocycles. The number of esters is 1. The molecular formula is C7H7BrO4S2. The number of methoxy groups -OCH3 is 1. The highest BCUT2D eigenvalue weighted by atomic mass is 79.9. The van der Waals surface area contributed by atoms with Crippen LogP contribution in [0.5, 0.6) is 0 Å². The van der Waals surface area contributed by atoms with Gasteiger partial charge in [-0.05, 0) is 22.0 Å². The van der Waals surface area contributed by atoms with Crippen molar-refractivity contribution in [1.82, 2.24) is 0 Å². The Morgan fingerprint density at radius 3 is 2.50 bits per heavy atom. The van der Waals surface area contributed by atoms with Gasteiger partial charge in [-0.25, -0.2) is 13.2 Å². The molecule has 1 heterocycles. The lowest BCUT2D eigenvalue weighted by Gasteiger charge is -1.92. The minimum absolute atomic E-state index is 0.137. The van der Waals surface area contributed by atoms with Gasteiger partial charge in [0.05, 0.1) is 7.11 Å². The van der Waals surface area contributed by atoms with E-state index in [0.717, 1.165) is 17.6 Å². The first-order valence-corrected chi connectivity index (χ1v) is 6.94. The molecule has 0 spiro atoms. The Morgan fingerprint density at radius 2 is 2.14 bits per heavy atom. The quantitative estimate of drug-likeness (QED) is 0.780. The molecular weight excluding hydrogens is 292 g/mol. The topological polar surface area (TPSA) is 60.4 Å². The van der Waals surface area contributed by atoms with Gasteiger partial charge in [0.1, 0.15) is 9.09 Å². The van der Waals surface area contributed by atoms with E-state index in [2.05, 4.69) is 20.7 Å². The van der Waals surface area contributed by atoms with Crippen molar-refractivity contribution in [2.45, 2.75) is 4.21 Å². The smallest absolute Gasteiger partial charge is 0.348 e. The van der Waals surface area contributed by atoms with Crippen LogP contribution in [0.3, 0.4) is 0 Å². The Labute approximate surface area is 93.9 Å². The zero-order chi connectivity index (χ0) is 10.9. The van der Waals surface area contributed by atoms with E-state index >= 15 is 0 Å². The van der Waals surface area contributed by atoms with Gasteiger partial charge in [0.25, 0.3) is 0 Å². The fourth-order valence-electron chi connectivity index (χ4n) is 0.806. The predicted molar refractivity (Wildman–Crippen MR) is 56.5 cm³/mol. The van der Waals surface area contributed by atoms with Crippen molar-refractivity contribution in [1.29, 1.82) is 0 Å². The Hall–Kier alpha value is -0.400. The van der Waals surface area contributed by atoms with Crippen molar-refractivity contribution in [3.05, 3.63) is 15.4 Å². The van der Waals surface area contributed by atoms with Crippen LogP contribution in [0.4, 0.5) is 0 Å². The van der Waals surface area contributed by atoms with Crippen LogP contribution in [0.15, 0.2) is 14.7 Å². The minimum atomic E-state index is -3.29. The number of ether oxygens (including phenoxy) is 1. The van der Waals surface area contributed by atoms with Crippen LogP contribution in [0.25, 0.3) is 0 Å². The van der Waals surface area contributed by atoms with E-state index in [0.29, 0.717) is 4.47 Å². The zero-order valence-corrected chi connectivity index (χ0v) is 10.6. The van der Waals surface area contributed by atoms with Gasteiger partial charge in [0.15, 0.2) is 9.84 Å². The van der Waals surface area contributed by atoms with Gasteiger partial charge in [-0.15, -0.1) is 11.3 Å². The van der Waals surface area contributed by atoms with Crippen molar-refractivity contribution in [3.8, 4) is 0 Å². The molecule has 0 fully saturated rings. The highest BCUT2D eigenvalue weighted by Crippen LogP contribution is 2.31. The van der Waals surface area contributed by atoms with Crippen LogP contribution in [0.1, 0.15) is 9.67 Å². The van der Waals surface area contributed by atoms with Crippen molar-refractivity contribution < 1.29 is 17.9 Å². The molecule has 0 aliphatic heterocycles. The van der Waals surface area contributed by atoms with Crippen molar-refractivity contribution in [2.75, 3.05) is 13.4 Å². The molecule has 0 atom stereocenters. The molecule has 0 aromatic carbocycles. The molecule has 0 saturated carbocycles. The number of rotatable bonds is 2. The summed E-state index contributed by atoms with van der Waals surface area (Å²) in [5.41, 5.74) is 0. The van der Waals surface area contributed by atoms with Gasteiger partial charge >= 0.3 is 5.97 Å². The second-order valence-corrected chi connectivity index (χ2v) is 6.63. The minimum Gasteiger partial charge on any atom is -0.465 e. The summed E-state index contributed by atoms with van der Waals surface area (Å²) >= 11 is 3.96. The highest BCUT2D eigenvalue weighted by Gasteiger charge is 2.19. The van der Waals surface area contributed by atoms with Crippen molar-refractivity contribution in [2.24, 2.45) is 0 Å². The predicted octanol–water partition coefficient (Wildman–Crippen LogP) is 1.70. The SMILES string of the molecule is COC(=O)c1cc(Br)c(S(C)(=O)=O)s1. The van der Waals surface area contributed by atoms with Gasteiger partial charge in [-0.2, -0.15) is 0 Å². The molecule has 1 aromatic rings. The van der Waals surface area contributed by atoms with Gasteiger partial charge in [0, 0.05) is 10.7 Å². The number of sulfone groups is 1. The summed E-state index contributed by atoms with van der Waals surface area (Å²) in [4.78, 5) is 11.3. The van der Waals surface area contributed by atoms with Crippen LogP contribution in [0.2, 0.25) is 0 Å². The number of carbonyl (C=O) groups is 1. The number of halogens is 1. The number of thiophene rings is 1.